The number of carbonyl (C=O) groups excluding carboxylic acids is 2. The van der Waals surface area contributed by atoms with Crippen molar-refractivity contribution < 1.29 is 19.1 Å². The summed E-state index contributed by atoms with van der Waals surface area (Å²) in [4.78, 5) is 28.2. The van der Waals surface area contributed by atoms with Crippen molar-refractivity contribution in [2.24, 2.45) is 0 Å². The molecule has 1 aromatic carbocycles. The summed E-state index contributed by atoms with van der Waals surface area (Å²) in [6.45, 7) is 4.26. The summed E-state index contributed by atoms with van der Waals surface area (Å²) in [5.74, 6) is 0.581. The Morgan fingerprint density at radius 2 is 2.04 bits per heavy atom. The predicted octanol–water partition coefficient (Wildman–Crippen LogP) is 2.07. The van der Waals surface area contributed by atoms with Crippen LogP contribution in [-0.4, -0.2) is 56.2 Å². The number of likely N-dealkylation sites (N-methyl/N-ethyl adjacent to an activating group) is 1. The molecule has 1 fully saturated rings. The van der Waals surface area contributed by atoms with Crippen LogP contribution >= 0.6 is 0 Å². The van der Waals surface area contributed by atoms with E-state index in [-0.39, 0.29) is 24.3 Å². The molecule has 6 heteroatoms. The molecular formula is C18H24N2O4. The SMILES string of the molecule is CCOC(=O)CC1COc2ccc(C(=O)N3CCCC3)cc2N1C. The molecule has 2 aliphatic rings. The summed E-state index contributed by atoms with van der Waals surface area (Å²) in [7, 11) is 1.93. The molecule has 1 atom stereocenters. The molecule has 0 aromatic heterocycles. The Morgan fingerprint density at radius 1 is 1.29 bits per heavy atom. The van der Waals surface area contributed by atoms with Gasteiger partial charge in [0.15, 0.2) is 0 Å². The maximum absolute atomic E-state index is 12.6. The molecule has 1 aromatic rings. The van der Waals surface area contributed by atoms with Gasteiger partial charge in [0.1, 0.15) is 12.4 Å². The fourth-order valence-electron chi connectivity index (χ4n) is 3.25. The Bertz CT molecular complexity index is 625. The van der Waals surface area contributed by atoms with Crippen molar-refractivity contribution in [3.05, 3.63) is 23.8 Å². The van der Waals surface area contributed by atoms with E-state index in [1.165, 1.54) is 0 Å². The lowest BCUT2D eigenvalue weighted by Crippen LogP contribution is -2.42. The zero-order valence-electron chi connectivity index (χ0n) is 14.3. The number of rotatable bonds is 4. The highest BCUT2D eigenvalue weighted by atomic mass is 16.5. The first-order valence-corrected chi connectivity index (χ1v) is 8.54. The van der Waals surface area contributed by atoms with Gasteiger partial charge in [-0.15, -0.1) is 0 Å². The molecule has 0 N–H and O–H groups in total. The number of esters is 1. The van der Waals surface area contributed by atoms with E-state index in [1.54, 1.807) is 6.92 Å². The van der Waals surface area contributed by atoms with Gasteiger partial charge in [-0.2, -0.15) is 0 Å². The zero-order valence-corrected chi connectivity index (χ0v) is 14.3. The van der Waals surface area contributed by atoms with Gasteiger partial charge in [0.25, 0.3) is 5.91 Å². The smallest absolute Gasteiger partial charge is 0.307 e. The highest BCUT2D eigenvalue weighted by molar-refractivity contribution is 5.96. The first kappa shape index (κ1) is 16.6. The first-order chi connectivity index (χ1) is 11.6. The van der Waals surface area contributed by atoms with Crippen LogP contribution in [0.3, 0.4) is 0 Å². The molecule has 0 aliphatic carbocycles. The topological polar surface area (TPSA) is 59.1 Å². The van der Waals surface area contributed by atoms with Crippen LogP contribution in [0.5, 0.6) is 5.75 Å². The molecule has 2 aliphatic heterocycles. The normalized spacial score (nSPS) is 19.7. The number of anilines is 1. The van der Waals surface area contributed by atoms with E-state index in [4.69, 9.17) is 9.47 Å². The third-order valence-electron chi connectivity index (χ3n) is 4.67. The summed E-state index contributed by atoms with van der Waals surface area (Å²) in [6.07, 6.45) is 2.41. The van der Waals surface area contributed by atoms with E-state index in [9.17, 15) is 9.59 Å². The summed E-state index contributed by atoms with van der Waals surface area (Å²) >= 11 is 0. The van der Waals surface area contributed by atoms with Gasteiger partial charge in [0.2, 0.25) is 0 Å². The van der Waals surface area contributed by atoms with Crippen molar-refractivity contribution in [3.63, 3.8) is 0 Å². The third kappa shape index (κ3) is 3.32. The molecule has 24 heavy (non-hydrogen) atoms. The number of fused-ring (bicyclic) bond motifs is 1. The van der Waals surface area contributed by atoms with E-state index in [0.717, 1.165) is 37.4 Å². The van der Waals surface area contributed by atoms with Crippen molar-refractivity contribution >= 4 is 17.6 Å². The quantitative estimate of drug-likeness (QED) is 0.790. The first-order valence-electron chi connectivity index (χ1n) is 8.54. The molecule has 0 bridgehead atoms. The summed E-state index contributed by atoms with van der Waals surface area (Å²) in [6, 6.07) is 5.44. The number of benzene rings is 1. The number of ether oxygens (including phenoxy) is 2. The number of likely N-dealkylation sites (tertiary alicyclic amines) is 1. The van der Waals surface area contributed by atoms with Crippen molar-refractivity contribution in [2.75, 3.05) is 38.3 Å². The molecule has 0 saturated carbocycles. The lowest BCUT2D eigenvalue weighted by Gasteiger charge is -2.35. The monoisotopic (exact) mass is 332 g/mol. The molecule has 1 unspecified atom stereocenters. The minimum atomic E-state index is -0.231. The average Bonchev–Trinajstić information content (AvgIpc) is 3.11. The second-order valence-corrected chi connectivity index (χ2v) is 6.27. The summed E-state index contributed by atoms with van der Waals surface area (Å²) in [5.41, 5.74) is 1.52. The van der Waals surface area contributed by atoms with Gasteiger partial charge in [-0.05, 0) is 38.0 Å². The van der Waals surface area contributed by atoms with Gasteiger partial charge < -0.3 is 19.3 Å². The zero-order chi connectivity index (χ0) is 17.1. The highest BCUT2D eigenvalue weighted by Gasteiger charge is 2.29. The minimum absolute atomic E-state index is 0.0659. The summed E-state index contributed by atoms with van der Waals surface area (Å²) in [5, 5.41) is 0. The van der Waals surface area contributed by atoms with Crippen LogP contribution in [-0.2, 0) is 9.53 Å². The lowest BCUT2D eigenvalue weighted by molar-refractivity contribution is -0.143. The molecule has 6 nitrogen and oxygen atoms in total. The Hall–Kier alpha value is -2.24. The van der Waals surface area contributed by atoms with Crippen molar-refractivity contribution in [3.8, 4) is 5.75 Å². The maximum atomic E-state index is 12.6. The number of hydrogen-bond acceptors (Lipinski definition) is 5. The second kappa shape index (κ2) is 7.11. The number of hydrogen-bond donors (Lipinski definition) is 0. The van der Waals surface area contributed by atoms with Crippen molar-refractivity contribution in [1.29, 1.82) is 0 Å². The molecule has 0 radical (unpaired) electrons. The molecule has 0 spiro atoms. The van der Waals surface area contributed by atoms with Gasteiger partial charge in [0, 0.05) is 25.7 Å². The Kier molecular flexibility index (Phi) is 4.92. The van der Waals surface area contributed by atoms with E-state index in [0.29, 0.717) is 18.8 Å². The van der Waals surface area contributed by atoms with E-state index in [1.807, 2.05) is 35.0 Å². The number of carbonyl (C=O) groups is 2. The van der Waals surface area contributed by atoms with Crippen LogP contribution in [0, 0.1) is 0 Å². The minimum Gasteiger partial charge on any atom is -0.489 e. The fourth-order valence-corrected chi connectivity index (χ4v) is 3.25. The van der Waals surface area contributed by atoms with Gasteiger partial charge in [0.05, 0.1) is 24.8 Å². The molecule has 1 saturated heterocycles. The molecular weight excluding hydrogens is 308 g/mol. The largest absolute Gasteiger partial charge is 0.489 e. The molecule has 2 heterocycles. The standard InChI is InChI=1S/C18H24N2O4/c1-3-23-17(21)11-14-12-24-16-7-6-13(10-15(16)19(14)2)18(22)20-8-4-5-9-20/h6-7,10,14H,3-5,8-9,11-12H2,1-2H3. The maximum Gasteiger partial charge on any atom is 0.307 e. The van der Waals surface area contributed by atoms with Crippen LogP contribution in [0.4, 0.5) is 5.69 Å². The Morgan fingerprint density at radius 3 is 2.75 bits per heavy atom. The van der Waals surface area contributed by atoms with Crippen molar-refractivity contribution in [2.45, 2.75) is 32.2 Å². The van der Waals surface area contributed by atoms with E-state index in [2.05, 4.69) is 0 Å². The average molecular weight is 332 g/mol. The fraction of sp³-hybridized carbons (Fsp3) is 0.556. The van der Waals surface area contributed by atoms with Crippen LogP contribution in [0.15, 0.2) is 18.2 Å². The van der Waals surface area contributed by atoms with Gasteiger partial charge in [-0.1, -0.05) is 0 Å². The second-order valence-electron chi connectivity index (χ2n) is 6.27. The summed E-state index contributed by atoms with van der Waals surface area (Å²) < 4.78 is 10.8. The van der Waals surface area contributed by atoms with Crippen LogP contribution in [0.1, 0.15) is 36.5 Å². The molecule has 3 rings (SSSR count). The van der Waals surface area contributed by atoms with Crippen LogP contribution < -0.4 is 9.64 Å². The van der Waals surface area contributed by atoms with Crippen molar-refractivity contribution in [1.82, 2.24) is 4.90 Å². The van der Waals surface area contributed by atoms with E-state index >= 15 is 0 Å². The Labute approximate surface area is 142 Å². The predicted molar refractivity (Wildman–Crippen MR) is 90.5 cm³/mol. The van der Waals surface area contributed by atoms with E-state index < -0.39 is 0 Å². The Balaban J connectivity index is 1.77. The van der Waals surface area contributed by atoms with Gasteiger partial charge in [-0.3, -0.25) is 9.59 Å². The van der Waals surface area contributed by atoms with Crippen LogP contribution in [0.2, 0.25) is 0 Å². The van der Waals surface area contributed by atoms with Gasteiger partial charge in [-0.25, -0.2) is 0 Å². The third-order valence-corrected chi connectivity index (χ3v) is 4.67. The number of amides is 1. The lowest BCUT2D eigenvalue weighted by atomic mass is 10.1. The molecule has 1 amide bonds. The highest BCUT2D eigenvalue weighted by Crippen LogP contribution is 2.35. The number of nitrogens with zero attached hydrogens (tertiary/aromatic N) is 2. The van der Waals surface area contributed by atoms with Crippen LogP contribution in [0.25, 0.3) is 0 Å². The van der Waals surface area contributed by atoms with Gasteiger partial charge >= 0.3 is 5.97 Å². The molecule has 130 valence electrons.